The normalized spacial score (nSPS) is 31.0. The largest absolute Gasteiger partial charge is 0.481 e. The van der Waals surface area contributed by atoms with Gasteiger partial charge in [0.2, 0.25) is 0 Å². The van der Waals surface area contributed by atoms with Crippen molar-refractivity contribution in [1.82, 2.24) is 4.90 Å². The number of nitrogens with zero attached hydrogens (tertiary/aromatic N) is 1. The van der Waals surface area contributed by atoms with E-state index in [2.05, 4.69) is 11.9 Å². The summed E-state index contributed by atoms with van der Waals surface area (Å²) in [4.78, 5) is 13.0. The highest BCUT2D eigenvalue weighted by molar-refractivity contribution is 5.67. The fourth-order valence-electron chi connectivity index (χ4n) is 2.42. The van der Waals surface area contributed by atoms with Crippen LogP contribution in [0.5, 0.6) is 0 Å². The Balaban J connectivity index is 1.92. The van der Waals surface area contributed by atoms with E-state index in [0.29, 0.717) is 24.3 Å². The molecule has 3 heteroatoms. The van der Waals surface area contributed by atoms with Crippen LogP contribution in [0.2, 0.25) is 0 Å². The Morgan fingerprint density at radius 1 is 1.54 bits per heavy atom. The first-order chi connectivity index (χ1) is 6.18. The van der Waals surface area contributed by atoms with Crippen LogP contribution >= 0.6 is 0 Å². The van der Waals surface area contributed by atoms with Gasteiger partial charge < -0.3 is 10.0 Å². The average molecular weight is 183 g/mol. The molecule has 0 bridgehead atoms. The lowest BCUT2D eigenvalue weighted by Gasteiger charge is -2.43. The third-order valence-electron chi connectivity index (χ3n) is 3.48. The van der Waals surface area contributed by atoms with Crippen molar-refractivity contribution in [2.24, 2.45) is 11.8 Å². The number of carboxylic acids is 1. The molecule has 1 saturated heterocycles. The quantitative estimate of drug-likeness (QED) is 0.711. The van der Waals surface area contributed by atoms with Crippen LogP contribution in [0.15, 0.2) is 0 Å². The molecule has 0 radical (unpaired) electrons. The second kappa shape index (κ2) is 3.29. The molecule has 0 aromatic rings. The lowest BCUT2D eigenvalue weighted by atomic mass is 9.84. The summed E-state index contributed by atoms with van der Waals surface area (Å²) in [7, 11) is 2.10. The maximum atomic E-state index is 10.7. The van der Waals surface area contributed by atoms with Gasteiger partial charge in [-0.25, -0.2) is 0 Å². The van der Waals surface area contributed by atoms with Gasteiger partial charge in [0.25, 0.3) is 0 Å². The molecule has 1 aliphatic carbocycles. The molecule has 0 spiro atoms. The van der Waals surface area contributed by atoms with Crippen LogP contribution in [0.25, 0.3) is 0 Å². The average Bonchev–Trinajstić information content (AvgIpc) is 2.82. The predicted octanol–water partition coefficient (Wildman–Crippen LogP) is 1.19. The molecule has 2 atom stereocenters. The smallest absolute Gasteiger partial charge is 0.303 e. The van der Waals surface area contributed by atoms with Crippen LogP contribution in [-0.4, -0.2) is 35.6 Å². The fraction of sp³-hybridized carbons (Fsp3) is 0.900. The Kier molecular flexibility index (Phi) is 2.28. The van der Waals surface area contributed by atoms with Gasteiger partial charge in [0, 0.05) is 12.5 Å². The molecule has 0 aromatic heterocycles. The number of carbonyl (C=O) groups is 1. The van der Waals surface area contributed by atoms with Crippen LogP contribution in [0.1, 0.15) is 25.7 Å². The minimum absolute atomic E-state index is 0.375. The highest BCUT2D eigenvalue weighted by Gasteiger charge is 2.42. The van der Waals surface area contributed by atoms with E-state index in [1.807, 2.05) is 0 Å². The SMILES string of the molecule is CN1CCC1C(CC(=O)O)C1CC1. The molecule has 2 fully saturated rings. The second-order valence-electron chi connectivity index (χ2n) is 4.44. The summed E-state index contributed by atoms with van der Waals surface area (Å²) in [5, 5.41) is 8.80. The fourth-order valence-corrected chi connectivity index (χ4v) is 2.42. The Labute approximate surface area is 78.7 Å². The van der Waals surface area contributed by atoms with Gasteiger partial charge in [0.1, 0.15) is 0 Å². The molecular weight excluding hydrogens is 166 g/mol. The van der Waals surface area contributed by atoms with Gasteiger partial charge in [-0.1, -0.05) is 0 Å². The van der Waals surface area contributed by atoms with Crippen molar-refractivity contribution in [1.29, 1.82) is 0 Å². The van der Waals surface area contributed by atoms with E-state index in [4.69, 9.17) is 5.11 Å². The minimum Gasteiger partial charge on any atom is -0.481 e. The molecule has 0 aromatic carbocycles. The Hall–Kier alpha value is -0.570. The zero-order valence-corrected chi connectivity index (χ0v) is 8.07. The zero-order chi connectivity index (χ0) is 9.42. The van der Waals surface area contributed by atoms with E-state index in [9.17, 15) is 4.79 Å². The highest BCUT2D eigenvalue weighted by Crippen LogP contribution is 2.44. The molecule has 3 nitrogen and oxygen atoms in total. The van der Waals surface area contributed by atoms with Crippen molar-refractivity contribution in [3.05, 3.63) is 0 Å². The Bertz CT molecular complexity index is 213. The molecule has 1 saturated carbocycles. The van der Waals surface area contributed by atoms with E-state index >= 15 is 0 Å². The summed E-state index contributed by atoms with van der Waals surface area (Å²) in [5.74, 6) is 0.511. The molecule has 13 heavy (non-hydrogen) atoms. The first-order valence-electron chi connectivity index (χ1n) is 5.10. The molecule has 0 amide bonds. The zero-order valence-electron chi connectivity index (χ0n) is 8.07. The first kappa shape index (κ1) is 9.00. The summed E-state index contributed by atoms with van der Waals surface area (Å²) in [5.41, 5.74) is 0. The van der Waals surface area contributed by atoms with Gasteiger partial charge in [-0.15, -0.1) is 0 Å². The number of likely N-dealkylation sites (tertiary alicyclic amines) is 1. The van der Waals surface area contributed by atoms with Gasteiger partial charge in [0.15, 0.2) is 0 Å². The number of hydrogen-bond donors (Lipinski definition) is 1. The molecular formula is C10H17NO2. The summed E-state index contributed by atoms with van der Waals surface area (Å²) in [6.45, 7) is 1.15. The van der Waals surface area contributed by atoms with E-state index in [1.165, 1.54) is 19.3 Å². The van der Waals surface area contributed by atoms with Gasteiger partial charge >= 0.3 is 5.97 Å². The predicted molar refractivity (Wildman–Crippen MR) is 49.5 cm³/mol. The van der Waals surface area contributed by atoms with Gasteiger partial charge in [-0.2, -0.15) is 0 Å². The van der Waals surface area contributed by atoms with Gasteiger partial charge in [0.05, 0.1) is 0 Å². The maximum Gasteiger partial charge on any atom is 0.303 e. The number of rotatable bonds is 4. The summed E-state index contributed by atoms with van der Waals surface area (Å²) in [6.07, 6.45) is 4.08. The minimum atomic E-state index is -0.628. The monoisotopic (exact) mass is 183 g/mol. The second-order valence-corrected chi connectivity index (χ2v) is 4.44. The van der Waals surface area contributed by atoms with Gasteiger partial charge in [-0.3, -0.25) is 4.79 Å². The molecule has 1 N–H and O–H groups in total. The van der Waals surface area contributed by atoms with E-state index in [-0.39, 0.29) is 0 Å². The topological polar surface area (TPSA) is 40.5 Å². The lowest BCUT2D eigenvalue weighted by Crippen LogP contribution is -2.50. The molecule has 2 rings (SSSR count). The summed E-state index contributed by atoms with van der Waals surface area (Å²) < 4.78 is 0. The Morgan fingerprint density at radius 3 is 2.54 bits per heavy atom. The number of hydrogen-bond acceptors (Lipinski definition) is 2. The molecule has 1 aliphatic heterocycles. The van der Waals surface area contributed by atoms with Crippen molar-refractivity contribution in [2.75, 3.05) is 13.6 Å². The van der Waals surface area contributed by atoms with Crippen molar-refractivity contribution in [3.63, 3.8) is 0 Å². The highest BCUT2D eigenvalue weighted by atomic mass is 16.4. The number of aliphatic carboxylic acids is 1. The molecule has 74 valence electrons. The molecule has 2 unspecified atom stereocenters. The van der Waals surface area contributed by atoms with Crippen LogP contribution < -0.4 is 0 Å². The summed E-state index contributed by atoms with van der Waals surface area (Å²) in [6, 6.07) is 0.559. The van der Waals surface area contributed by atoms with Crippen molar-refractivity contribution >= 4 is 5.97 Å². The van der Waals surface area contributed by atoms with Crippen LogP contribution in [0, 0.1) is 11.8 Å². The van der Waals surface area contributed by atoms with Crippen molar-refractivity contribution in [2.45, 2.75) is 31.7 Å². The summed E-state index contributed by atoms with van der Waals surface area (Å²) >= 11 is 0. The van der Waals surface area contributed by atoms with Gasteiger partial charge in [-0.05, 0) is 44.7 Å². The van der Waals surface area contributed by atoms with E-state index < -0.39 is 5.97 Å². The van der Waals surface area contributed by atoms with Crippen LogP contribution in [-0.2, 0) is 4.79 Å². The third-order valence-corrected chi connectivity index (χ3v) is 3.48. The van der Waals surface area contributed by atoms with Crippen molar-refractivity contribution < 1.29 is 9.90 Å². The number of carboxylic acid groups (broad SMARTS) is 1. The molecule has 2 aliphatic rings. The van der Waals surface area contributed by atoms with E-state index in [0.717, 1.165) is 6.54 Å². The maximum absolute atomic E-state index is 10.7. The third kappa shape index (κ3) is 1.85. The Morgan fingerprint density at radius 2 is 2.23 bits per heavy atom. The first-order valence-corrected chi connectivity index (χ1v) is 5.10. The molecule has 1 heterocycles. The van der Waals surface area contributed by atoms with Crippen molar-refractivity contribution in [3.8, 4) is 0 Å². The van der Waals surface area contributed by atoms with Crippen LogP contribution in [0.4, 0.5) is 0 Å². The van der Waals surface area contributed by atoms with E-state index in [1.54, 1.807) is 0 Å². The standard InChI is InChI=1S/C10H17NO2/c1-11-5-4-9(11)8(6-10(12)13)7-2-3-7/h7-9H,2-6H2,1H3,(H,12,13). The lowest BCUT2D eigenvalue weighted by molar-refractivity contribution is -0.139. The van der Waals surface area contributed by atoms with Crippen LogP contribution in [0.3, 0.4) is 0 Å².